The number of hydrogen-bond donors (Lipinski definition) is 2. The highest BCUT2D eigenvalue weighted by Gasteiger charge is 2.22. The number of nitrogens with one attached hydrogen (secondary N) is 1. The summed E-state index contributed by atoms with van der Waals surface area (Å²) in [5, 5.41) is 18.8. The minimum absolute atomic E-state index is 0.0632. The molecule has 0 aliphatic carbocycles. The van der Waals surface area contributed by atoms with E-state index < -0.39 is 5.97 Å². The fourth-order valence-electron chi connectivity index (χ4n) is 2.48. The molecule has 21 heavy (non-hydrogen) atoms. The molecule has 1 unspecified atom stereocenters. The number of nitrogens with zero attached hydrogens (tertiary/aromatic N) is 4. The van der Waals surface area contributed by atoms with Crippen LogP contribution in [0.4, 0.5) is 4.79 Å². The van der Waals surface area contributed by atoms with Gasteiger partial charge in [0.2, 0.25) is 0 Å². The number of rotatable bonds is 5. The number of piperidine rings is 1. The lowest BCUT2D eigenvalue weighted by Crippen LogP contribution is -2.46. The zero-order valence-electron chi connectivity index (χ0n) is 12.2. The standard InChI is InChI=1S/C13H21N5O3/c1-2-10-4-3-6-17(8-10)13(21)14-5-7-18-9-11(12(19)20)15-16-18/h9-10H,2-8H2,1H3,(H,14,21)(H,19,20). The number of carbonyl (C=O) groups excluding carboxylic acids is 1. The van der Waals surface area contributed by atoms with Crippen LogP contribution in [0.15, 0.2) is 6.20 Å². The highest BCUT2D eigenvalue weighted by molar-refractivity contribution is 5.84. The Morgan fingerprint density at radius 2 is 2.33 bits per heavy atom. The van der Waals surface area contributed by atoms with Crippen molar-refractivity contribution < 1.29 is 14.7 Å². The first-order chi connectivity index (χ1) is 10.1. The highest BCUT2D eigenvalue weighted by Crippen LogP contribution is 2.18. The zero-order chi connectivity index (χ0) is 15.2. The summed E-state index contributed by atoms with van der Waals surface area (Å²) in [7, 11) is 0. The van der Waals surface area contributed by atoms with Gasteiger partial charge in [-0.25, -0.2) is 14.3 Å². The molecule has 1 aliphatic rings. The normalized spacial score (nSPS) is 18.5. The molecule has 2 rings (SSSR count). The molecule has 8 heteroatoms. The Hall–Kier alpha value is -2.12. The Balaban J connectivity index is 1.74. The number of urea groups is 1. The van der Waals surface area contributed by atoms with Crippen LogP contribution < -0.4 is 5.32 Å². The van der Waals surface area contributed by atoms with Crippen molar-refractivity contribution in [2.45, 2.75) is 32.7 Å². The second-order valence-corrected chi connectivity index (χ2v) is 5.27. The van der Waals surface area contributed by atoms with Crippen molar-refractivity contribution in [1.82, 2.24) is 25.2 Å². The highest BCUT2D eigenvalue weighted by atomic mass is 16.4. The van der Waals surface area contributed by atoms with E-state index in [1.165, 1.54) is 17.3 Å². The van der Waals surface area contributed by atoms with Crippen molar-refractivity contribution in [3.05, 3.63) is 11.9 Å². The van der Waals surface area contributed by atoms with Gasteiger partial charge in [0, 0.05) is 19.6 Å². The number of carboxylic acids is 1. The van der Waals surface area contributed by atoms with Crippen LogP contribution in [0.1, 0.15) is 36.7 Å². The van der Waals surface area contributed by atoms with E-state index in [-0.39, 0.29) is 11.7 Å². The molecule has 1 atom stereocenters. The molecule has 0 spiro atoms. The Labute approximate surface area is 123 Å². The Morgan fingerprint density at radius 3 is 3.00 bits per heavy atom. The smallest absolute Gasteiger partial charge is 0.358 e. The van der Waals surface area contributed by atoms with Gasteiger partial charge in [-0.15, -0.1) is 5.10 Å². The molecule has 2 amide bonds. The van der Waals surface area contributed by atoms with Crippen molar-refractivity contribution >= 4 is 12.0 Å². The van der Waals surface area contributed by atoms with Gasteiger partial charge in [0.05, 0.1) is 12.7 Å². The molecule has 0 saturated carbocycles. The Kier molecular flexibility index (Phi) is 5.13. The number of carbonyl (C=O) groups is 2. The van der Waals surface area contributed by atoms with Gasteiger partial charge in [0.25, 0.3) is 0 Å². The third-order valence-electron chi connectivity index (χ3n) is 3.76. The molecule has 116 valence electrons. The van der Waals surface area contributed by atoms with E-state index in [9.17, 15) is 9.59 Å². The maximum absolute atomic E-state index is 12.0. The molecule has 2 heterocycles. The zero-order valence-corrected chi connectivity index (χ0v) is 12.2. The molecule has 1 fully saturated rings. The van der Waals surface area contributed by atoms with Crippen molar-refractivity contribution in [2.24, 2.45) is 5.92 Å². The first kappa shape index (κ1) is 15.3. The SMILES string of the molecule is CCC1CCCN(C(=O)NCCn2cc(C(=O)O)nn2)C1. The number of likely N-dealkylation sites (tertiary alicyclic amines) is 1. The third-order valence-corrected chi connectivity index (χ3v) is 3.76. The Morgan fingerprint density at radius 1 is 1.52 bits per heavy atom. The van der Waals surface area contributed by atoms with Crippen LogP contribution >= 0.6 is 0 Å². The van der Waals surface area contributed by atoms with Crippen molar-refractivity contribution in [1.29, 1.82) is 0 Å². The third kappa shape index (κ3) is 4.17. The molecule has 2 N–H and O–H groups in total. The number of carboxylic acid groups (broad SMARTS) is 1. The molecule has 1 aromatic heterocycles. The lowest BCUT2D eigenvalue weighted by molar-refractivity contribution is 0.0690. The molecule has 1 aliphatic heterocycles. The van der Waals surface area contributed by atoms with E-state index in [1.807, 2.05) is 4.90 Å². The van der Waals surface area contributed by atoms with Crippen LogP contribution in [-0.2, 0) is 6.54 Å². The largest absolute Gasteiger partial charge is 0.476 e. The maximum Gasteiger partial charge on any atom is 0.358 e. The minimum Gasteiger partial charge on any atom is -0.476 e. The van der Waals surface area contributed by atoms with E-state index in [2.05, 4.69) is 22.6 Å². The summed E-state index contributed by atoms with van der Waals surface area (Å²) in [6, 6.07) is -0.0632. The topological polar surface area (TPSA) is 100 Å². The van der Waals surface area contributed by atoms with E-state index in [4.69, 9.17) is 5.11 Å². The minimum atomic E-state index is -1.11. The molecule has 1 aromatic rings. The molecule has 1 saturated heterocycles. The summed E-state index contributed by atoms with van der Waals surface area (Å²) in [4.78, 5) is 24.6. The fourth-order valence-corrected chi connectivity index (χ4v) is 2.48. The monoisotopic (exact) mass is 295 g/mol. The van der Waals surface area contributed by atoms with Gasteiger partial charge in [-0.1, -0.05) is 18.6 Å². The average molecular weight is 295 g/mol. The van der Waals surface area contributed by atoms with Crippen LogP contribution in [0.3, 0.4) is 0 Å². The quantitative estimate of drug-likeness (QED) is 0.837. The van der Waals surface area contributed by atoms with Crippen LogP contribution in [0.25, 0.3) is 0 Å². The second-order valence-electron chi connectivity index (χ2n) is 5.27. The van der Waals surface area contributed by atoms with E-state index >= 15 is 0 Å². The fraction of sp³-hybridized carbons (Fsp3) is 0.692. The molecule has 8 nitrogen and oxygen atoms in total. The molecule has 0 radical (unpaired) electrons. The summed E-state index contributed by atoms with van der Waals surface area (Å²) >= 11 is 0. The van der Waals surface area contributed by atoms with Gasteiger partial charge < -0.3 is 15.3 Å². The van der Waals surface area contributed by atoms with E-state index in [0.717, 1.165) is 25.9 Å². The van der Waals surface area contributed by atoms with Crippen molar-refractivity contribution in [2.75, 3.05) is 19.6 Å². The Bertz CT molecular complexity index is 502. The number of aromatic carboxylic acids is 1. The molecular formula is C13H21N5O3. The van der Waals surface area contributed by atoms with Gasteiger partial charge in [0.15, 0.2) is 5.69 Å². The van der Waals surface area contributed by atoms with Gasteiger partial charge in [-0.2, -0.15) is 0 Å². The summed E-state index contributed by atoms with van der Waals surface area (Å²) in [5.41, 5.74) is -0.0943. The maximum atomic E-state index is 12.0. The van der Waals surface area contributed by atoms with Gasteiger partial charge >= 0.3 is 12.0 Å². The molecule has 0 bridgehead atoms. The van der Waals surface area contributed by atoms with Gasteiger partial charge in [-0.05, 0) is 18.8 Å². The number of amides is 2. The lowest BCUT2D eigenvalue weighted by Gasteiger charge is -2.32. The van der Waals surface area contributed by atoms with Crippen molar-refractivity contribution in [3.8, 4) is 0 Å². The van der Waals surface area contributed by atoms with E-state index in [1.54, 1.807) is 0 Å². The van der Waals surface area contributed by atoms with Crippen LogP contribution in [-0.4, -0.2) is 56.6 Å². The molecule has 0 aromatic carbocycles. The van der Waals surface area contributed by atoms with Gasteiger partial charge in [-0.3, -0.25) is 0 Å². The summed E-state index contributed by atoms with van der Waals surface area (Å²) in [6.07, 6.45) is 4.69. The summed E-state index contributed by atoms with van der Waals surface area (Å²) in [6.45, 7) is 4.56. The summed E-state index contributed by atoms with van der Waals surface area (Å²) in [5.74, 6) is -0.512. The number of aromatic nitrogens is 3. The van der Waals surface area contributed by atoms with Crippen LogP contribution in [0.2, 0.25) is 0 Å². The number of hydrogen-bond acceptors (Lipinski definition) is 4. The second kappa shape index (κ2) is 7.05. The average Bonchev–Trinajstić information content (AvgIpc) is 2.96. The van der Waals surface area contributed by atoms with Crippen molar-refractivity contribution in [3.63, 3.8) is 0 Å². The lowest BCUT2D eigenvalue weighted by atomic mass is 9.96. The first-order valence-corrected chi connectivity index (χ1v) is 7.26. The predicted octanol–water partition coefficient (Wildman–Crippen LogP) is 0.808. The van der Waals surface area contributed by atoms with Crippen LogP contribution in [0.5, 0.6) is 0 Å². The van der Waals surface area contributed by atoms with Crippen LogP contribution in [0, 0.1) is 5.92 Å². The van der Waals surface area contributed by atoms with Gasteiger partial charge in [0.1, 0.15) is 0 Å². The predicted molar refractivity (Wildman–Crippen MR) is 75.0 cm³/mol. The van der Waals surface area contributed by atoms with E-state index in [0.29, 0.717) is 19.0 Å². The summed E-state index contributed by atoms with van der Waals surface area (Å²) < 4.78 is 1.41. The first-order valence-electron chi connectivity index (χ1n) is 7.26. The molecular weight excluding hydrogens is 274 g/mol.